The van der Waals surface area contributed by atoms with Gasteiger partial charge in [-0.2, -0.15) is 0 Å². The van der Waals surface area contributed by atoms with Gasteiger partial charge in [0.25, 0.3) is 0 Å². The van der Waals surface area contributed by atoms with Crippen LogP contribution in [0.1, 0.15) is 99.3 Å². The Morgan fingerprint density at radius 2 is 1.41 bits per heavy atom. The maximum Gasteiger partial charge on any atom is 0.335 e. The number of hydrogen-bond acceptors (Lipinski definition) is 14. The van der Waals surface area contributed by atoms with Gasteiger partial charge in [-0.25, -0.2) is 4.79 Å². The number of carboxylic acid groups (broad SMARTS) is 2. The molecule has 0 aromatic rings. The molecule has 7 aliphatic rings. The van der Waals surface area contributed by atoms with E-state index in [1.54, 1.807) is 6.92 Å². The molecule has 6 fully saturated rings. The van der Waals surface area contributed by atoms with Crippen LogP contribution >= 0.6 is 0 Å². The smallest absolute Gasteiger partial charge is 0.335 e. The summed E-state index contributed by atoms with van der Waals surface area (Å²) >= 11 is 0. The molecule has 16 heteroatoms. The number of aliphatic hydroxyl groups excluding tert-OH is 7. The second-order valence-electron chi connectivity index (χ2n) is 20.4. The van der Waals surface area contributed by atoms with Crippen LogP contribution in [0.15, 0.2) is 11.6 Å². The minimum Gasteiger partial charge on any atom is -0.481 e. The molecule has 0 aromatic heterocycles. The fourth-order valence-corrected chi connectivity index (χ4v) is 13.7. The third-order valence-electron chi connectivity index (χ3n) is 17.0. The van der Waals surface area contributed by atoms with Gasteiger partial charge in [-0.1, -0.05) is 46.3 Å². The minimum absolute atomic E-state index is 0.0528. The number of ether oxygens (including phenoxy) is 4. The van der Waals surface area contributed by atoms with Crippen LogP contribution in [0.2, 0.25) is 0 Å². The average Bonchev–Trinajstić information content (AvgIpc) is 3.15. The fourth-order valence-electron chi connectivity index (χ4n) is 13.7. The number of aliphatic hydroxyl groups is 7. The Morgan fingerprint density at radius 3 is 2.05 bits per heavy atom. The molecule has 7 rings (SSSR count). The van der Waals surface area contributed by atoms with Crippen molar-refractivity contribution in [2.24, 2.45) is 56.7 Å². The molecule has 0 radical (unpaired) electrons. The lowest BCUT2D eigenvalue weighted by atomic mass is 9.34. The maximum absolute atomic E-state index is 14.1. The van der Waals surface area contributed by atoms with Crippen molar-refractivity contribution in [2.75, 3.05) is 6.61 Å². The van der Waals surface area contributed by atoms with Crippen molar-refractivity contribution < 1.29 is 79.3 Å². The molecule has 2 aliphatic heterocycles. The molecule has 9 N–H and O–H groups in total. The van der Waals surface area contributed by atoms with Crippen LogP contribution in [0.25, 0.3) is 0 Å². The molecule has 0 amide bonds. The monoisotopic (exact) mass is 824 g/mol. The number of fused-ring (bicyclic) bond motifs is 7. The predicted molar refractivity (Wildman–Crippen MR) is 200 cm³/mol. The lowest BCUT2D eigenvalue weighted by Gasteiger charge is -2.70. The van der Waals surface area contributed by atoms with E-state index in [0.717, 1.165) is 25.7 Å². The van der Waals surface area contributed by atoms with Crippen molar-refractivity contribution in [1.82, 2.24) is 0 Å². The largest absolute Gasteiger partial charge is 0.481 e. The van der Waals surface area contributed by atoms with Gasteiger partial charge in [0.1, 0.15) is 42.7 Å². The summed E-state index contributed by atoms with van der Waals surface area (Å²) in [7, 11) is 0. The molecular weight excluding hydrogens is 760 g/mol. The minimum atomic E-state index is -1.90. The maximum atomic E-state index is 14.1. The molecule has 328 valence electrons. The zero-order valence-electron chi connectivity index (χ0n) is 34.3. The van der Waals surface area contributed by atoms with Gasteiger partial charge in [0.2, 0.25) is 6.29 Å². The lowest BCUT2D eigenvalue weighted by Crippen LogP contribution is -2.67. The van der Waals surface area contributed by atoms with Crippen LogP contribution in [0.5, 0.6) is 0 Å². The highest BCUT2D eigenvalue weighted by molar-refractivity contribution is 5.76. The summed E-state index contributed by atoms with van der Waals surface area (Å²) < 4.78 is 22.9. The first-order chi connectivity index (χ1) is 27.0. The van der Waals surface area contributed by atoms with E-state index < -0.39 is 109 Å². The van der Waals surface area contributed by atoms with Crippen molar-refractivity contribution in [2.45, 2.75) is 167 Å². The first-order valence-corrected chi connectivity index (χ1v) is 21.0. The zero-order chi connectivity index (χ0) is 42.7. The van der Waals surface area contributed by atoms with Crippen LogP contribution in [0.3, 0.4) is 0 Å². The van der Waals surface area contributed by atoms with Crippen LogP contribution in [0, 0.1) is 56.7 Å². The topological polar surface area (TPSA) is 270 Å². The molecule has 0 spiro atoms. The van der Waals surface area contributed by atoms with Gasteiger partial charge in [-0.15, -0.1) is 0 Å². The van der Waals surface area contributed by atoms with E-state index in [4.69, 9.17) is 18.9 Å². The van der Waals surface area contributed by atoms with Gasteiger partial charge in [-0.3, -0.25) is 9.59 Å². The molecule has 2 heterocycles. The van der Waals surface area contributed by atoms with Crippen molar-refractivity contribution >= 4 is 17.9 Å². The summed E-state index contributed by atoms with van der Waals surface area (Å²) in [4.78, 5) is 39.3. The molecule has 4 saturated carbocycles. The number of carbonyl (C=O) groups is 3. The Morgan fingerprint density at radius 1 is 0.759 bits per heavy atom. The van der Waals surface area contributed by atoms with E-state index in [9.17, 15) is 60.3 Å². The van der Waals surface area contributed by atoms with Crippen molar-refractivity contribution in [3.8, 4) is 0 Å². The number of carboxylic acids is 2. The van der Waals surface area contributed by atoms with Crippen LogP contribution in [-0.4, -0.2) is 138 Å². The van der Waals surface area contributed by atoms with Gasteiger partial charge in [0.15, 0.2) is 12.4 Å². The first kappa shape index (κ1) is 43.8. The van der Waals surface area contributed by atoms with E-state index in [1.165, 1.54) is 5.57 Å². The normalized spacial score (nSPS) is 52.5. The summed E-state index contributed by atoms with van der Waals surface area (Å²) in [5.74, 6) is -4.01. The van der Waals surface area contributed by atoms with E-state index >= 15 is 0 Å². The van der Waals surface area contributed by atoms with Crippen LogP contribution in [-0.2, 0) is 33.3 Å². The summed E-state index contributed by atoms with van der Waals surface area (Å²) in [6, 6.07) is 0. The molecule has 0 bridgehead atoms. The van der Waals surface area contributed by atoms with Gasteiger partial charge in [0.05, 0.1) is 24.0 Å². The Labute approximate surface area is 338 Å². The van der Waals surface area contributed by atoms with Gasteiger partial charge in [0, 0.05) is 0 Å². The highest BCUT2D eigenvalue weighted by atomic mass is 16.7. The number of carbonyl (C=O) groups excluding carboxylic acids is 1. The summed E-state index contributed by atoms with van der Waals surface area (Å²) in [6.45, 7) is 12.2. The van der Waals surface area contributed by atoms with Crippen molar-refractivity contribution in [3.63, 3.8) is 0 Å². The predicted octanol–water partition coefficient (Wildman–Crippen LogP) is 1.33. The highest BCUT2D eigenvalue weighted by Crippen LogP contribution is 2.75. The number of rotatable bonds is 7. The Hall–Kier alpha value is -2.25. The van der Waals surface area contributed by atoms with E-state index in [-0.39, 0.29) is 46.3 Å². The van der Waals surface area contributed by atoms with Crippen molar-refractivity contribution in [3.05, 3.63) is 11.6 Å². The molecule has 20 unspecified atom stereocenters. The number of allylic oxidation sites excluding steroid dienone is 2. The van der Waals surface area contributed by atoms with Crippen LogP contribution < -0.4 is 0 Å². The number of hydrogen-bond donors (Lipinski definition) is 9. The molecule has 58 heavy (non-hydrogen) atoms. The Balaban J connectivity index is 1.15. The molecule has 0 aromatic carbocycles. The lowest BCUT2D eigenvalue weighted by molar-refractivity contribution is -0.323. The third kappa shape index (κ3) is 6.49. The van der Waals surface area contributed by atoms with E-state index in [1.807, 2.05) is 0 Å². The standard InChI is InChI=1S/C42H64O16/c1-38(2)15-19-18(20(16-38)34(52)58-35-30(48)27(45)26(44)22(17-43)55-35)9-13-40(4)21(19)7-8-23-39(3)12-11-25(42(6,37(53)54)24(39)10-14-41(23,40)5)56-36-31(49)28(46)29(47)32(57-36)33(50)51/h7,18-20,22-32,35-36,43-49H,8-17H2,1-6H3,(H,50,51)(H,53,54). The summed E-state index contributed by atoms with van der Waals surface area (Å²) in [5, 5.41) is 92.9. The van der Waals surface area contributed by atoms with Crippen LogP contribution in [0.4, 0.5) is 0 Å². The zero-order valence-corrected chi connectivity index (χ0v) is 34.3. The van der Waals surface area contributed by atoms with Crippen molar-refractivity contribution in [1.29, 1.82) is 0 Å². The molecule has 2 saturated heterocycles. The molecule has 16 nitrogen and oxygen atoms in total. The Kier molecular flexibility index (Phi) is 11.3. The third-order valence-corrected chi connectivity index (χ3v) is 17.0. The van der Waals surface area contributed by atoms with E-state index in [2.05, 4.69) is 40.7 Å². The molecular formula is C42H64O16. The van der Waals surface area contributed by atoms with Gasteiger partial charge >= 0.3 is 17.9 Å². The summed E-state index contributed by atoms with van der Waals surface area (Å²) in [5.41, 5.74) is -1.39. The first-order valence-electron chi connectivity index (χ1n) is 21.0. The van der Waals surface area contributed by atoms with Gasteiger partial charge < -0.3 is 64.9 Å². The summed E-state index contributed by atoms with van der Waals surface area (Å²) in [6.07, 6.45) is -9.69. The quantitative estimate of drug-likeness (QED) is 0.0996. The Bertz CT molecular complexity index is 1650. The average molecular weight is 825 g/mol. The molecule has 20 atom stereocenters. The van der Waals surface area contributed by atoms with Gasteiger partial charge in [-0.05, 0) is 110 Å². The van der Waals surface area contributed by atoms with E-state index in [0.29, 0.717) is 25.7 Å². The highest BCUT2D eigenvalue weighted by Gasteiger charge is 2.70. The number of esters is 1. The number of aliphatic carboxylic acids is 2. The fraction of sp³-hybridized carbons (Fsp3) is 0.881. The second-order valence-corrected chi connectivity index (χ2v) is 20.4. The second kappa shape index (κ2) is 15.0. The SMILES string of the molecule is CC1(C)CC(C(=O)OC2OC(CO)C(O)C(O)C2O)C2CCC3(C)C(=CCC4C5(C)CCC(OC6OC(C(=O)O)C(O)C(O)C6O)C(C)(C(=O)O)C5CCC43C)C2C1. The molecule has 5 aliphatic carbocycles.